The fourth-order valence-corrected chi connectivity index (χ4v) is 3.33. The Kier molecular flexibility index (Phi) is 6.38. The number of pyridine rings is 2. The Morgan fingerprint density at radius 1 is 1.25 bits per heavy atom. The summed E-state index contributed by atoms with van der Waals surface area (Å²) in [6.07, 6.45) is 9.85. The smallest absolute Gasteiger partial charge is 0.225 e. The second-order valence-corrected chi connectivity index (χ2v) is 6.95. The maximum atomic E-state index is 12.5. The predicted molar refractivity (Wildman–Crippen MR) is 110 cm³/mol. The van der Waals surface area contributed by atoms with Gasteiger partial charge >= 0.3 is 0 Å². The van der Waals surface area contributed by atoms with Crippen molar-refractivity contribution in [3.8, 4) is 17.3 Å². The molecule has 3 aromatic rings. The molecular formula is C22H25N5O. The molecule has 6 nitrogen and oxygen atoms in total. The fourth-order valence-electron chi connectivity index (χ4n) is 3.33. The summed E-state index contributed by atoms with van der Waals surface area (Å²) in [5, 5.41) is 8.65. The van der Waals surface area contributed by atoms with Gasteiger partial charge in [-0.2, -0.15) is 5.26 Å². The first-order valence-electron chi connectivity index (χ1n) is 9.66. The maximum absolute atomic E-state index is 12.5. The molecule has 0 aliphatic heterocycles. The molecule has 144 valence electrons. The van der Waals surface area contributed by atoms with E-state index in [2.05, 4.69) is 11.1 Å². The Morgan fingerprint density at radius 3 is 2.79 bits per heavy atom. The molecular weight excluding hydrogens is 350 g/mol. The quantitative estimate of drug-likeness (QED) is 0.542. The molecule has 0 unspecified atom stereocenters. The number of aryl methyl sites for hydroxylation is 1. The van der Waals surface area contributed by atoms with Gasteiger partial charge in [0.05, 0.1) is 6.07 Å². The van der Waals surface area contributed by atoms with E-state index >= 15 is 0 Å². The Bertz CT molecular complexity index is 987. The maximum Gasteiger partial charge on any atom is 0.225 e. The molecule has 0 aromatic carbocycles. The van der Waals surface area contributed by atoms with Crippen LogP contribution in [-0.4, -0.2) is 26.8 Å². The molecule has 0 N–H and O–H groups in total. The molecule has 3 aromatic heterocycles. The van der Waals surface area contributed by atoms with Crippen molar-refractivity contribution in [2.75, 3.05) is 11.4 Å². The van der Waals surface area contributed by atoms with Gasteiger partial charge in [0, 0.05) is 44.0 Å². The van der Waals surface area contributed by atoms with E-state index in [1.54, 1.807) is 19.3 Å². The van der Waals surface area contributed by atoms with Crippen LogP contribution in [0.5, 0.6) is 0 Å². The number of hydrogen-bond acceptors (Lipinski definition) is 4. The van der Waals surface area contributed by atoms with E-state index in [4.69, 9.17) is 10.2 Å². The number of amides is 1. The Hall–Kier alpha value is -3.20. The summed E-state index contributed by atoms with van der Waals surface area (Å²) in [5.74, 6) is 0.775. The van der Waals surface area contributed by atoms with Gasteiger partial charge in [-0.15, -0.1) is 0 Å². The van der Waals surface area contributed by atoms with E-state index in [0.29, 0.717) is 13.0 Å². The van der Waals surface area contributed by atoms with Gasteiger partial charge in [-0.3, -0.25) is 19.1 Å². The molecule has 28 heavy (non-hydrogen) atoms. The molecule has 0 saturated heterocycles. The van der Waals surface area contributed by atoms with Crippen LogP contribution in [-0.2, 0) is 4.79 Å². The van der Waals surface area contributed by atoms with E-state index in [9.17, 15) is 4.79 Å². The van der Waals surface area contributed by atoms with Gasteiger partial charge in [0.2, 0.25) is 5.91 Å². The van der Waals surface area contributed by atoms with Crippen LogP contribution in [0.25, 0.3) is 16.9 Å². The van der Waals surface area contributed by atoms with Crippen LogP contribution in [0.1, 0.15) is 44.6 Å². The van der Waals surface area contributed by atoms with Gasteiger partial charge in [0.15, 0.2) is 0 Å². The zero-order valence-electron chi connectivity index (χ0n) is 16.4. The highest BCUT2D eigenvalue weighted by Gasteiger charge is 2.22. The monoisotopic (exact) mass is 375 g/mol. The molecule has 0 spiro atoms. The number of carbonyl (C=O) groups is 1. The van der Waals surface area contributed by atoms with Gasteiger partial charge in [-0.05, 0) is 49.6 Å². The standard InChI is InChI=1S/C22H25N5O/c1-17-10-14-27-20(15-17)25-21(19-9-8-12-24-16-19)22(27)26(18(2)28)13-7-5-3-4-6-11-23/h8-10,12,14-16H,3-7,13H2,1-2H3. The molecule has 1 amide bonds. The minimum absolute atomic E-state index is 0.00969. The highest BCUT2D eigenvalue weighted by molar-refractivity contribution is 5.95. The fraction of sp³-hybridized carbons (Fsp3) is 0.364. The number of nitrogens with zero attached hydrogens (tertiary/aromatic N) is 5. The summed E-state index contributed by atoms with van der Waals surface area (Å²) in [7, 11) is 0. The average Bonchev–Trinajstić information content (AvgIpc) is 3.06. The van der Waals surface area contributed by atoms with Crippen LogP contribution in [0.15, 0.2) is 42.9 Å². The summed E-state index contributed by atoms with van der Waals surface area (Å²) in [6.45, 7) is 4.25. The number of aromatic nitrogens is 3. The first-order chi connectivity index (χ1) is 13.6. The third kappa shape index (κ3) is 4.37. The minimum atomic E-state index is -0.00969. The van der Waals surface area contributed by atoms with Crippen LogP contribution in [0.3, 0.4) is 0 Å². The molecule has 0 bridgehead atoms. The molecule has 0 aliphatic rings. The van der Waals surface area contributed by atoms with E-state index in [1.165, 1.54) is 0 Å². The van der Waals surface area contributed by atoms with E-state index in [-0.39, 0.29) is 5.91 Å². The molecule has 3 heterocycles. The first-order valence-corrected chi connectivity index (χ1v) is 9.66. The number of anilines is 1. The molecule has 0 atom stereocenters. The summed E-state index contributed by atoms with van der Waals surface area (Å²) >= 11 is 0. The largest absolute Gasteiger partial charge is 0.296 e. The highest BCUT2D eigenvalue weighted by Crippen LogP contribution is 2.32. The first kappa shape index (κ1) is 19.6. The van der Waals surface area contributed by atoms with Crippen LogP contribution < -0.4 is 4.90 Å². The Balaban J connectivity index is 1.95. The van der Waals surface area contributed by atoms with Crippen LogP contribution >= 0.6 is 0 Å². The number of rotatable bonds is 8. The van der Waals surface area contributed by atoms with Crippen molar-refractivity contribution in [1.29, 1.82) is 5.26 Å². The normalized spacial score (nSPS) is 10.8. The summed E-state index contributed by atoms with van der Waals surface area (Å²) < 4.78 is 1.98. The molecule has 0 fully saturated rings. The van der Waals surface area contributed by atoms with Crippen molar-refractivity contribution in [3.63, 3.8) is 0 Å². The lowest BCUT2D eigenvalue weighted by Gasteiger charge is -2.22. The summed E-state index contributed by atoms with van der Waals surface area (Å²) in [4.78, 5) is 23.4. The molecule has 3 rings (SSSR count). The van der Waals surface area contributed by atoms with E-state index in [1.807, 2.05) is 46.7 Å². The van der Waals surface area contributed by atoms with Crippen molar-refractivity contribution in [3.05, 3.63) is 48.4 Å². The van der Waals surface area contributed by atoms with Crippen LogP contribution in [0.2, 0.25) is 0 Å². The SMILES string of the molecule is CC(=O)N(CCCCCCC#N)c1c(-c2cccnc2)nc2cc(C)ccn12. The Morgan fingerprint density at radius 2 is 2.07 bits per heavy atom. The molecule has 0 aliphatic carbocycles. The van der Waals surface area contributed by atoms with Gasteiger partial charge in [0.1, 0.15) is 17.2 Å². The van der Waals surface area contributed by atoms with Crippen LogP contribution in [0.4, 0.5) is 5.82 Å². The van der Waals surface area contributed by atoms with Gasteiger partial charge in [-0.25, -0.2) is 4.98 Å². The highest BCUT2D eigenvalue weighted by atomic mass is 16.2. The Labute approximate surface area is 165 Å². The van der Waals surface area contributed by atoms with Crippen molar-refractivity contribution >= 4 is 17.4 Å². The minimum Gasteiger partial charge on any atom is -0.296 e. The predicted octanol–water partition coefficient (Wildman–Crippen LogP) is 4.53. The van der Waals surface area contributed by atoms with Crippen molar-refractivity contribution in [2.45, 2.75) is 46.0 Å². The molecule has 0 radical (unpaired) electrons. The summed E-state index contributed by atoms with van der Waals surface area (Å²) in [5.41, 5.74) is 3.58. The third-order valence-corrected chi connectivity index (χ3v) is 4.75. The number of nitriles is 1. The third-order valence-electron chi connectivity index (χ3n) is 4.75. The number of fused-ring (bicyclic) bond motifs is 1. The van der Waals surface area contributed by atoms with Gasteiger partial charge in [-0.1, -0.05) is 12.8 Å². The number of unbranched alkanes of at least 4 members (excludes halogenated alkanes) is 4. The summed E-state index contributed by atoms with van der Waals surface area (Å²) in [6, 6.07) is 10.1. The van der Waals surface area contributed by atoms with E-state index in [0.717, 1.165) is 54.0 Å². The van der Waals surface area contributed by atoms with E-state index < -0.39 is 0 Å². The van der Waals surface area contributed by atoms with Crippen LogP contribution in [0, 0.1) is 18.3 Å². The van der Waals surface area contributed by atoms with Crippen molar-refractivity contribution < 1.29 is 4.79 Å². The number of imidazole rings is 1. The number of carbonyl (C=O) groups excluding carboxylic acids is 1. The second-order valence-electron chi connectivity index (χ2n) is 6.95. The average molecular weight is 375 g/mol. The zero-order valence-corrected chi connectivity index (χ0v) is 16.4. The van der Waals surface area contributed by atoms with Crippen molar-refractivity contribution in [1.82, 2.24) is 14.4 Å². The van der Waals surface area contributed by atoms with Crippen molar-refractivity contribution in [2.24, 2.45) is 0 Å². The van der Waals surface area contributed by atoms with Gasteiger partial charge < -0.3 is 0 Å². The lowest BCUT2D eigenvalue weighted by atomic mass is 10.1. The molecule has 6 heteroatoms. The lowest BCUT2D eigenvalue weighted by molar-refractivity contribution is -0.116. The zero-order chi connectivity index (χ0) is 19.9. The lowest BCUT2D eigenvalue weighted by Crippen LogP contribution is -2.31. The second kappa shape index (κ2) is 9.14. The van der Waals surface area contributed by atoms with Gasteiger partial charge in [0.25, 0.3) is 0 Å². The number of hydrogen-bond donors (Lipinski definition) is 0. The topological polar surface area (TPSA) is 74.3 Å². The molecule has 0 saturated carbocycles.